The Bertz CT molecular complexity index is 1280. The van der Waals surface area contributed by atoms with Gasteiger partial charge in [0.2, 0.25) is 0 Å². The molecule has 3 rings (SSSR count). The molecule has 11 nitrogen and oxygen atoms in total. The van der Waals surface area contributed by atoms with Crippen molar-refractivity contribution in [1.82, 2.24) is 9.36 Å². The molecule has 0 bridgehead atoms. The number of nitrogens with one attached hydrogen (secondary N) is 1. The average Bonchev–Trinajstić information content (AvgIpc) is 3.01. The van der Waals surface area contributed by atoms with Crippen molar-refractivity contribution in [3.05, 3.63) is 80.3 Å². The number of esters is 1. The minimum absolute atomic E-state index is 0.0170. The smallest absolute Gasteiger partial charge is 0.339 e. The molecule has 1 N–H and O–H groups in total. The first-order chi connectivity index (χ1) is 15.6. The summed E-state index contributed by atoms with van der Waals surface area (Å²) in [6.45, 7) is 3.00. The molecule has 3 aromatic rings. The first-order valence-corrected chi connectivity index (χ1v) is 9.84. The highest BCUT2D eigenvalue weighted by Gasteiger charge is 2.25. The maximum Gasteiger partial charge on any atom is 0.339 e. The van der Waals surface area contributed by atoms with Crippen molar-refractivity contribution in [3.8, 4) is 11.4 Å². The number of carbonyl (C=O) groups excluding carboxylic acids is 2. The molecule has 0 aliphatic rings. The van der Waals surface area contributed by atoms with Crippen LogP contribution in [0.4, 0.5) is 11.4 Å². The van der Waals surface area contributed by atoms with Crippen LogP contribution in [0.15, 0.2) is 53.3 Å². The van der Waals surface area contributed by atoms with E-state index in [-0.39, 0.29) is 17.0 Å². The Balaban J connectivity index is 1.78. The number of methoxy groups -OCH3 is 1. The highest BCUT2D eigenvalue weighted by atomic mass is 16.6. The van der Waals surface area contributed by atoms with Crippen LogP contribution >= 0.6 is 0 Å². The summed E-state index contributed by atoms with van der Waals surface area (Å²) in [5.41, 5.74) is 0.193. The molecule has 1 amide bonds. The molecule has 0 radical (unpaired) electrons. The van der Waals surface area contributed by atoms with Crippen LogP contribution < -0.4 is 15.6 Å². The zero-order valence-electron chi connectivity index (χ0n) is 18.4. The zero-order chi connectivity index (χ0) is 24.3. The normalized spacial score (nSPS) is 11.5. The Hall–Kier alpha value is -4.41. The van der Waals surface area contributed by atoms with Crippen LogP contribution in [0.3, 0.4) is 0 Å². The Labute approximate surface area is 188 Å². The molecule has 1 atom stereocenters. The van der Waals surface area contributed by atoms with Gasteiger partial charge in [-0.2, -0.15) is 0 Å². The topological polar surface area (TPSA) is 135 Å². The molecule has 0 aliphatic carbocycles. The Morgan fingerprint density at radius 2 is 1.82 bits per heavy atom. The van der Waals surface area contributed by atoms with Crippen LogP contribution in [0.2, 0.25) is 0 Å². The van der Waals surface area contributed by atoms with Gasteiger partial charge in [0.15, 0.2) is 11.9 Å². The van der Waals surface area contributed by atoms with Gasteiger partial charge in [-0.3, -0.25) is 24.4 Å². The van der Waals surface area contributed by atoms with Gasteiger partial charge in [0.25, 0.3) is 11.5 Å². The number of nitro benzene ring substituents is 1. The van der Waals surface area contributed by atoms with E-state index in [0.717, 1.165) is 6.07 Å². The van der Waals surface area contributed by atoms with Crippen LogP contribution in [-0.2, 0) is 16.6 Å². The third-order valence-electron chi connectivity index (χ3n) is 5.07. The standard InChI is InChI=1S/C22H22N4O7/c1-13-19(21(28)25(24(13)3)16-8-6-5-7-9-16)23-20(27)14(2)33-22(29)15-10-11-18(32-4)17(12-15)26(30)31/h5-12,14H,1-4H3,(H,23,27)/t14-/m1/s1. The molecule has 2 aromatic carbocycles. The minimum atomic E-state index is -1.28. The SMILES string of the molecule is COc1ccc(C(=O)O[C@H](C)C(=O)Nc2c(C)n(C)n(-c3ccccc3)c2=O)cc1[N+](=O)[O-]. The number of benzene rings is 2. The monoisotopic (exact) mass is 454 g/mol. The minimum Gasteiger partial charge on any atom is -0.490 e. The summed E-state index contributed by atoms with van der Waals surface area (Å²) in [6, 6.07) is 12.5. The van der Waals surface area contributed by atoms with Gasteiger partial charge in [0.1, 0.15) is 5.69 Å². The first-order valence-electron chi connectivity index (χ1n) is 9.84. The van der Waals surface area contributed by atoms with Gasteiger partial charge >= 0.3 is 11.7 Å². The second-order valence-electron chi connectivity index (χ2n) is 7.12. The fourth-order valence-corrected chi connectivity index (χ4v) is 3.18. The predicted molar refractivity (Wildman–Crippen MR) is 119 cm³/mol. The molecule has 0 fully saturated rings. The molecule has 172 valence electrons. The average molecular weight is 454 g/mol. The van der Waals surface area contributed by atoms with Gasteiger partial charge in [-0.15, -0.1) is 0 Å². The fraction of sp³-hybridized carbons (Fsp3) is 0.227. The molecule has 33 heavy (non-hydrogen) atoms. The molecule has 0 unspecified atom stereocenters. The second kappa shape index (κ2) is 9.39. The quantitative estimate of drug-likeness (QED) is 0.329. The van der Waals surface area contributed by atoms with E-state index in [4.69, 9.17) is 9.47 Å². The number of carbonyl (C=O) groups is 2. The maximum atomic E-state index is 12.9. The number of para-hydroxylation sites is 1. The van der Waals surface area contributed by atoms with Gasteiger partial charge < -0.3 is 14.8 Å². The zero-order valence-corrected chi connectivity index (χ0v) is 18.4. The second-order valence-corrected chi connectivity index (χ2v) is 7.12. The third-order valence-corrected chi connectivity index (χ3v) is 5.07. The molecular formula is C22H22N4O7. The van der Waals surface area contributed by atoms with E-state index < -0.39 is 34.2 Å². The van der Waals surface area contributed by atoms with Crippen LogP contribution in [0, 0.1) is 17.0 Å². The predicted octanol–water partition coefficient (Wildman–Crippen LogP) is 2.59. The van der Waals surface area contributed by atoms with Crippen LogP contribution in [0.25, 0.3) is 5.69 Å². The molecule has 11 heteroatoms. The van der Waals surface area contributed by atoms with E-state index in [0.29, 0.717) is 11.4 Å². The summed E-state index contributed by atoms with van der Waals surface area (Å²) >= 11 is 0. The van der Waals surface area contributed by atoms with Crippen LogP contribution in [-0.4, -0.2) is 39.4 Å². The highest BCUT2D eigenvalue weighted by Crippen LogP contribution is 2.28. The van der Waals surface area contributed by atoms with Crippen molar-refractivity contribution in [2.45, 2.75) is 20.0 Å². The van der Waals surface area contributed by atoms with E-state index in [9.17, 15) is 24.5 Å². The molecule has 1 heterocycles. The Morgan fingerprint density at radius 1 is 1.15 bits per heavy atom. The summed E-state index contributed by atoms with van der Waals surface area (Å²) < 4.78 is 13.1. The summed E-state index contributed by atoms with van der Waals surface area (Å²) in [4.78, 5) is 48.5. The molecule has 1 aromatic heterocycles. The summed E-state index contributed by atoms with van der Waals surface area (Å²) in [6.07, 6.45) is -1.28. The number of ether oxygens (including phenoxy) is 2. The van der Waals surface area contributed by atoms with Crippen LogP contribution in [0.1, 0.15) is 23.0 Å². The number of rotatable bonds is 7. The highest BCUT2D eigenvalue weighted by molar-refractivity contribution is 5.97. The lowest BCUT2D eigenvalue weighted by Gasteiger charge is -2.13. The van der Waals surface area contributed by atoms with Crippen molar-refractivity contribution >= 4 is 23.3 Å². The summed E-state index contributed by atoms with van der Waals surface area (Å²) in [7, 11) is 2.95. The summed E-state index contributed by atoms with van der Waals surface area (Å²) in [5, 5.41) is 13.7. The summed E-state index contributed by atoms with van der Waals surface area (Å²) in [5.74, 6) is -1.68. The molecule has 0 saturated heterocycles. The van der Waals surface area contributed by atoms with Crippen molar-refractivity contribution in [2.24, 2.45) is 7.05 Å². The van der Waals surface area contributed by atoms with Crippen molar-refractivity contribution in [3.63, 3.8) is 0 Å². The van der Waals surface area contributed by atoms with Gasteiger partial charge in [0.05, 0.1) is 29.0 Å². The number of hydrogen-bond acceptors (Lipinski definition) is 7. The van der Waals surface area contributed by atoms with E-state index in [1.165, 1.54) is 30.8 Å². The van der Waals surface area contributed by atoms with Crippen molar-refractivity contribution < 1.29 is 24.0 Å². The largest absolute Gasteiger partial charge is 0.490 e. The number of nitro groups is 1. The number of nitrogens with zero attached hydrogens (tertiary/aromatic N) is 3. The van der Waals surface area contributed by atoms with Crippen molar-refractivity contribution in [1.29, 1.82) is 0 Å². The van der Waals surface area contributed by atoms with E-state index in [1.54, 1.807) is 42.9 Å². The number of hydrogen-bond donors (Lipinski definition) is 1. The maximum absolute atomic E-state index is 12.9. The van der Waals surface area contributed by atoms with Gasteiger partial charge in [-0.25, -0.2) is 9.48 Å². The molecule has 0 spiro atoms. The van der Waals surface area contributed by atoms with Gasteiger partial charge in [0, 0.05) is 13.1 Å². The Morgan fingerprint density at radius 3 is 2.42 bits per heavy atom. The lowest BCUT2D eigenvalue weighted by atomic mass is 10.2. The number of anilines is 1. The van der Waals surface area contributed by atoms with E-state index in [2.05, 4.69) is 5.32 Å². The van der Waals surface area contributed by atoms with Crippen molar-refractivity contribution in [2.75, 3.05) is 12.4 Å². The lowest BCUT2D eigenvalue weighted by molar-refractivity contribution is -0.385. The number of aromatic nitrogens is 2. The third kappa shape index (κ3) is 4.61. The van der Waals surface area contributed by atoms with Gasteiger partial charge in [-0.1, -0.05) is 18.2 Å². The van der Waals surface area contributed by atoms with E-state index in [1.807, 2.05) is 6.07 Å². The first kappa shape index (κ1) is 23.3. The Kier molecular flexibility index (Phi) is 6.61. The molecule has 0 saturated carbocycles. The lowest BCUT2D eigenvalue weighted by Crippen LogP contribution is -2.32. The fourth-order valence-electron chi connectivity index (χ4n) is 3.18. The molecule has 0 aliphatic heterocycles. The van der Waals surface area contributed by atoms with Crippen LogP contribution in [0.5, 0.6) is 5.75 Å². The molecular weight excluding hydrogens is 432 g/mol. The number of amides is 1. The van der Waals surface area contributed by atoms with Gasteiger partial charge in [-0.05, 0) is 38.1 Å². The van der Waals surface area contributed by atoms with E-state index >= 15 is 0 Å².